The van der Waals surface area contributed by atoms with Crippen LogP contribution in [0.5, 0.6) is 0 Å². The third-order valence-corrected chi connectivity index (χ3v) is 5.20. The van der Waals surface area contributed by atoms with Crippen LogP contribution in [0.4, 0.5) is 4.79 Å². The van der Waals surface area contributed by atoms with Gasteiger partial charge in [0.15, 0.2) is 6.61 Å². The highest BCUT2D eigenvalue weighted by Crippen LogP contribution is 2.25. The van der Waals surface area contributed by atoms with Gasteiger partial charge in [0.05, 0.1) is 6.04 Å². The number of rotatable bonds is 8. The maximum absolute atomic E-state index is 12.5. The van der Waals surface area contributed by atoms with E-state index >= 15 is 0 Å². The molecule has 0 spiro atoms. The molecule has 4 amide bonds. The topological polar surface area (TPSA) is 105 Å². The second kappa shape index (κ2) is 9.05. The fraction of sp³-hybridized carbons (Fsp3) is 0.474. The zero-order valence-electron chi connectivity index (χ0n) is 16.1. The van der Waals surface area contributed by atoms with E-state index in [0.717, 1.165) is 10.5 Å². The van der Waals surface area contributed by atoms with Crippen LogP contribution in [0.25, 0.3) is 0 Å². The van der Waals surface area contributed by atoms with Gasteiger partial charge >= 0.3 is 12.0 Å². The van der Waals surface area contributed by atoms with E-state index in [1.165, 1.54) is 0 Å². The molecule has 0 bridgehead atoms. The summed E-state index contributed by atoms with van der Waals surface area (Å²) >= 11 is 6.09. The summed E-state index contributed by atoms with van der Waals surface area (Å²) in [7, 11) is 0. The van der Waals surface area contributed by atoms with Crippen molar-refractivity contribution < 1.29 is 23.9 Å². The van der Waals surface area contributed by atoms with Gasteiger partial charge in [0, 0.05) is 5.02 Å². The molecule has 8 nitrogen and oxygen atoms in total. The molecule has 1 fully saturated rings. The molecular weight excluding hydrogens is 386 g/mol. The van der Waals surface area contributed by atoms with Crippen molar-refractivity contribution in [2.75, 3.05) is 13.2 Å². The molecule has 1 atom stereocenters. The summed E-state index contributed by atoms with van der Waals surface area (Å²) in [6, 6.07) is 6.07. The van der Waals surface area contributed by atoms with Crippen LogP contribution >= 0.6 is 11.6 Å². The van der Waals surface area contributed by atoms with Crippen molar-refractivity contribution in [1.29, 1.82) is 0 Å². The Morgan fingerprint density at radius 3 is 2.46 bits per heavy atom. The van der Waals surface area contributed by atoms with E-state index in [2.05, 4.69) is 10.6 Å². The minimum absolute atomic E-state index is 0.374. The first-order valence-corrected chi connectivity index (χ1v) is 9.45. The average molecular weight is 410 g/mol. The second-order valence-corrected chi connectivity index (χ2v) is 6.99. The van der Waals surface area contributed by atoms with Crippen molar-refractivity contribution in [1.82, 2.24) is 15.5 Å². The van der Waals surface area contributed by atoms with Crippen LogP contribution in [-0.4, -0.2) is 47.4 Å². The van der Waals surface area contributed by atoms with Crippen molar-refractivity contribution in [3.8, 4) is 0 Å². The Bertz CT molecular complexity index is 779. The Balaban J connectivity index is 1.85. The van der Waals surface area contributed by atoms with E-state index in [9.17, 15) is 19.2 Å². The normalized spacial score (nSPS) is 16.5. The molecular formula is C19H24ClN3O5. The summed E-state index contributed by atoms with van der Waals surface area (Å²) in [6.07, 6.45) is 0.837. The van der Waals surface area contributed by atoms with Gasteiger partial charge in [-0.1, -0.05) is 43.6 Å². The number of hydrogen-bond donors (Lipinski definition) is 2. The molecule has 2 rings (SSSR count). The minimum Gasteiger partial charge on any atom is -0.454 e. The maximum atomic E-state index is 12.5. The van der Waals surface area contributed by atoms with E-state index in [0.29, 0.717) is 17.9 Å². The number of urea groups is 1. The summed E-state index contributed by atoms with van der Waals surface area (Å²) in [6.45, 7) is 4.26. The number of benzene rings is 1. The molecule has 1 heterocycles. The molecule has 2 N–H and O–H groups in total. The number of nitrogens with one attached hydrogen (secondary N) is 2. The zero-order chi connectivity index (χ0) is 20.9. The van der Waals surface area contributed by atoms with E-state index in [-0.39, 0.29) is 6.04 Å². The lowest BCUT2D eigenvalue weighted by Crippen LogP contribution is -2.46. The van der Waals surface area contributed by atoms with E-state index < -0.39 is 42.5 Å². The number of carbonyl (C=O) groups excluding carboxylic acids is 4. The van der Waals surface area contributed by atoms with Crippen LogP contribution in [-0.2, 0) is 19.1 Å². The number of ether oxygens (including phenoxy) is 1. The number of hydrogen-bond acceptors (Lipinski definition) is 5. The van der Waals surface area contributed by atoms with Crippen molar-refractivity contribution in [2.45, 2.75) is 45.2 Å². The quantitative estimate of drug-likeness (QED) is 0.505. The van der Waals surface area contributed by atoms with Crippen LogP contribution in [0.3, 0.4) is 0 Å². The molecule has 0 unspecified atom stereocenters. The highest BCUT2D eigenvalue weighted by molar-refractivity contribution is 6.31. The first-order chi connectivity index (χ1) is 13.2. The lowest BCUT2D eigenvalue weighted by molar-refractivity contribution is -0.151. The number of amides is 4. The Hall–Kier alpha value is -2.61. The Morgan fingerprint density at radius 2 is 1.89 bits per heavy atom. The summed E-state index contributed by atoms with van der Waals surface area (Å²) in [5, 5.41) is 5.81. The number of carbonyl (C=O) groups is 4. The smallest absolute Gasteiger partial charge is 0.326 e. The van der Waals surface area contributed by atoms with Gasteiger partial charge in [0.1, 0.15) is 12.1 Å². The predicted molar refractivity (Wildman–Crippen MR) is 103 cm³/mol. The summed E-state index contributed by atoms with van der Waals surface area (Å²) in [5.41, 5.74) is -0.252. The largest absolute Gasteiger partial charge is 0.454 e. The first-order valence-electron chi connectivity index (χ1n) is 9.07. The first kappa shape index (κ1) is 21.7. The summed E-state index contributed by atoms with van der Waals surface area (Å²) < 4.78 is 4.91. The third-order valence-electron chi connectivity index (χ3n) is 4.85. The SMILES string of the molecule is CCC1(CC)NC(=O)N(CC(=O)OCC(=O)N[C@H](C)c2ccccc2Cl)C1=O. The molecule has 1 aromatic carbocycles. The number of halogens is 1. The van der Waals surface area contributed by atoms with Gasteiger partial charge in [0.2, 0.25) is 0 Å². The number of imide groups is 1. The van der Waals surface area contributed by atoms with Crippen LogP contribution < -0.4 is 10.6 Å². The molecule has 28 heavy (non-hydrogen) atoms. The molecule has 1 saturated heterocycles. The second-order valence-electron chi connectivity index (χ2n) is 6.58. The summed E-state index contributed by atoms with van der Waals surface area (Å²) in [4.78, 5) is 49.3. The number of esters is 1. The predicted octanol–water partition coefficient (Wildman–Crippen LogP) is 2.17. The van der Waals surface area contributed by atoms with Crippen molar-refractivity contribution in [3.05, 3.63) is 34.9 Å². The van der Waals surface area contributed by atoms with E-state index in [1.807, 2.05) is 0 Å². The van der Waals surface area contributed by atoms with Crippen LogP contribution in [0.2, 0.25) is 5.02 Å². The fourth-order valence-corrected chi connectivity index (χ4v) is 3.36. The molecule has 1 aromatic rings. The standard InChI is InChI=1S/C19H24ClN3O5/c1-4-19(5-2)17(26)23(18(27)22-19)10-16(25)28-11-15(24)21-12(3)13-8-6-7-9-14(13)20/h6-9,12H,4-5,10-11H2,1-3H3,(H,21,24)(H,22,27)/t12-/m1/s1. The van der Waals surface area contributed by atoms with Gasteiger partial charge in [-0.2, -0.15) is 0 Å². The van der Waals surface area contributed by atoms with Gasteiger partial charge in [-0.05, 0) is 31.4 Å². The lowest BCUT2D eigenvalue weighted by atomic mass is 9.93. The van der Waals surface area contributed by atoms with Gasteiger partial charge in [0.25, 0.3) is 11.8 Å². The molecule has 0 radical (unpaired) electrons. The molecule has 0 aromatic heterocycles. The van der Waals surface area contributed by atoms with E-state index in [1.54, 1.807) is 45.0 Å². The summed E-state index contributed by atoms with van der Waals surface area (Å²) in [5.74, 6) is -1.82. The molecule has 152 valence electrons. The minimum atomic E-state index is -0.987. The lowest BCUT2D eigenvalue weighted by Gasteiger charge is -2.22. The van der Waals surface area contributed by atoms with Crippen molar-refractivity contribution >= 4 is 35.4 Å². The van der Waals surface area contributed by atoms with Gasteiger partial charge in [-0.15, -0.1) is 0 Å². The average Bonchev–Trinajstić information content (AvgIpc) is 2.91. The Labute approximate surface area is 168 Å². The fourth-order valence-electron chi connectivity index (χ4n) is 3.06. The molecule has 1 aliphatic heterocycles. The highest BCUT2D eigenvalue weighted by Gasteiger charge is 2.49. The van der Waals surface area contributed by atoms with E-state index in [4.69, 9.17) is 16.3 Å². The zero-order valence-corrected chi connectivity index (χ0v) is 16.8. The van der Waals surface area contributed by atoms with Gasteiger partial charge in [-0.25, -0.2) is 4.79 Å². The van der Waals surface area contributed by atoms with Crippen LogP contribution in [0, 0.1) is 0 Å². The molecule has 1 aliphatic rings. The van der Waals surface area contributed by atoms with Crippen molar-refractivity contribution in [3.63, 3.8) is 0 Å². The maximum Gasteiger partial charge on any atom is 0.326 e. The van der Waals surface area contributed by atoms with Crippen molar-refractivity contribution in [2.24, 2.45) is 0 Å². The third kappa shape index (κ3) is 4.62. The van der Waals surface area contributed by atoms with Gasteiger partial charge in [-0.3, -0.25) is 19.3 Å². The Kier molecular flexibility index (Phi) is 7.01. The monoisotopic (exact) mass is 409 g/mol. The molecule has 9 heteroatoms. The highest BCUT2D eigenvalue weighted by atomic mass is 35.5. The molecule has 0 saturated carbocycles. The Morgan fingerprint density at radius 1 is 1.25 bits per heavy atom. The van der Waals surface area contributed by atoms with Crippen LogP contribution in [0.15, 0.2) is 24.3 Å². The molecule has 0 aliphatic carbocycles. The van der Waals surface area contributed by atoms with Gasteiger partial charge < -0.3 is 15.4 Å². The number of nitrogens with zero attached hydrogens (tertiary/aromatic N) is 1. The van der Waals surface area contributed by atoms with Crippen LogP contribution in [0.1, 0.15) is 45.2 Å².